The molecule has 0 aromatic carbocycles. The van der Waals surface area contributed by atoms with Crippen LogP contribution in [0.2, 0.25) is 0 Å². The maximum atomic E-state index is 11.5. The van der Waals surface area contributed by atoms with Crippen molar-refractivity contribution < 1.29 is 4.79 Å². The number of hydrogen-bond acceptors (Lipinski definition) is 3. The fourth-order valence-corrected chi connectivity index (χ4v) is 2.20. The molecule has 1 amide bonds. The van der Waals surface area contributed by atoms with Crippen molar-refractivity contribution in [3.63, 3.8) is 0 Å². The van der Waals surface area contributed by atoms with Crippen LogP contribution < -0.4 is 5.32 Å². The Labute approximate surface area is 103 Å². The summed E-state index contributed by atoms with van der Waals surface area (Å²) >= 11 is 0. The molecule has 0 aromatic rings. The van der Waals surface area contributed by atoms with Crippen LogP contribution in [0.5, 0.6) is 0 Å². The van der Waals surface area contributed by atoms with Gasteiger partial charge in [0.1, 0.15) is 0 Å². The van der Waals surface area contributed by atoms with Gasteiger partial charge >= 0.3 is 0 Å². The minimum Gasteiger partial charge on any atom is -0.344 e. The molecule has 0 unspecified atom stereocenters. The molecule has 4 heteroatoms. The summed E-state index contributed by atoms with van der Waals surface area (Å²) in [5, 5.41) is 2.70. The first-order valence-electron chi connectivity index (χ1n) is 6.43. The molecule has 4 nitrogen and oxygen atoms in total. The number of piperazine rings is 1. The smallest absolute Gasteiger partial charge is 0.234 e. The predicted molar refractivity (Wildman–Crippen MR) is 67.4 cm³/mol. The number of carbonyl (C=O) groups excluding carboxylic acids is 1. The molecule has 0 atom stereocenters. The maximum Gasteiger partial charge on any atom is 0.234 e. The van der Waals surface area contributed by atoms with Gasteiger partial charge < -0.3 is 10.2 Å². The molecular formula is C13H21N3O. The van der Waals surface area contributed by atoms with Crippen LogP contribution in [0.1, 0.15) is 12.8 Å². The quantitative estimate of drug-likeness (QED) is 0.668. The van der Waals surface area contributed by atoms with E-state index in [1.54, 1.807) is 0 Å². The monoisotopic (exact) mass is 235 g/mol. The van der Waals surface area contributed by atoms with E-state index in [4.69, 9.17) is 6.42 Å². The molecule has 1 heterocycles. The molecule has 0 spiro atoms. The Hall–Kier alpha value is -1.05. The number of terminal acetylenes is 1. The van der Waals surface area contributed by atoms with E-state index in [1.165, 1.54) is 19.4 Å². The van der Waals surface area contributed by atoms with Gasteiger partial charge in [0.25, 0.3) is 0 Å². The molecule has 1 saturated heterocycles. The van der Waals surface area contributed by atoms with Gasteiger partial charge in [0.05, 0.1) is 13.1 Å². The normalized spacial score (nSPS) is 22.1. The Morgan fingerprint density at radius 1 is 1.24 bits per heavy atom. The first-order valence-corrected chi connectivity index (χ1v) is 6.43. The molecule has 1 N–H and O–H groups in total. The van der Waals surface area contributed by atoms with Gasteiger partial charge in [0.15, 0.2) is 0 Å². The summed E-state index contributed by atoms with van der Waals surface area (Å²) in [5.74, 6) is 3.41. The van der Waals surface area contributed by atoms with Crippen LogP contribution >= 0.6 is 0 Å². The number of carbonyl (C=O) groups is 1. The van der Waals surface area contributed by atoms with Gasteiger partial charge in [0.2, 0.25) is 5.91 Å². The van der Waals surface area contributed by atoms with Crippen molar-refractivity contribution in [2.45, 2.75) is 12.8 Å². The lowest BCUT2D eigenvalue weighted by atomic mass is 10.3. The number of hydrogen-bond donors (Lipinski definition) is 1. The summed E-state index contributed by atoms with van der Waals surface area (Å²) in [5.41, 5.74) is 0. The summed E-state index contributed by atoms with van der Waals surface area (Å²) in [6.07, 6.45) is 7.92. The molecule has 0 bridgehead atoms. The van der Waals surface area contributed by atoms with Crippen molar-refractivity contribution in [1.82, 2.24) is 15.1 Å². The third-order valence-corrected chi connectivity index (χ3v) is 3.43. The highest BCUT2D eigenvalue weighted by molar-refractivity contribution is 5.78. The van der Waals surface area contributed by atoms with Crippen LogP contribution in [0.25, 0.3) is 0 Å². The van der Waals surface area contributed by atoms with Crippen molar-refractivity contribution in [2.24, 2.45) is 5.92 Å². The van der Waals surface area contributed by atoms with Crippen molar-refractivity contribution in [3.8, 4) is 12.3 Å². The van der Waals surface area contributed by atoms with E-state index in [0.29, 0.717) is 13.1 Å². The molecule has 17 heavy (non-hydrogen) atoms. The topological polar surface area (TPSA) is 35.6 Å². The molecule has 2 rings (SSSR count). The Morgan fingerprint density at radius 2 is 1.88 bits per heavy atom. The third kappa shape index (κ3) is 4.37. The van der Waals surface area contributed by atoms with Gasteiger partial charge in [-0.15, -0.1) is 6.42 Å². The lowest BCUT2D eigenvalue weighted by molar-refractivity contribution is -0.122. The number of amides is 1. The highest BCUT2D eigenvalue weighted by Crippen LogP contribution is 2.29. The molecule has 0 radical (unpaired) electrons. The maximum absolute atomic E-state index is 11.5. The van der Waals surface area contributed by atoms with Gasteiger partial charge in [-0.2, -0.15) is 0 Å². The lowest BCUT2D eigenvalue weighted by Crippen LogP contribution is -2.49. The fraction of sp³-hybridized carbons (Fsp3) is 0.769. The number of rotatable bonds is 5. The SMILES string of the molecule is C#CCNC(=O)CN1CCN(CC2CC2)CC1. The van der Waals surface area contributed by atoms with Crippen LogP contribution in [0.4, 0.5) is 0 Å². The van der Waals surface area contributed by atoms with Crippen molar-refractivity contribution >= 4 is 5.91 Å². The highest BCUT2D eigenvalue weighted by atomic mass is 16.2. The van der Waals surface area contributed by atoms with E-state index in [9.17, 15) is 4.79 Å². The van der Waals surface area contributed by atoms with Gasteiger partial charge in [0, 0.05) is 32.7 Å². The summed E-state index contributed by atoms with van der Waals surface area (Å²) in [6, 6.07) is 0. The highest BCUT2D eigenvalue weighted by Gasteiger charge is 2.26. The largest absolute Gasteiger partial charge is 0.344 e. The molecule has 2 fully saturated rings. The fourth-order valence-electron chi connectivity index (χ4n) is 2.20. The van der Waals surface area contributed by atoms with Crippen molar-refractivity contribution in [1.29, 1.82) is 0 Å². The Bertz CT molecular complexity index is 298. The summed E-state index contributed by atoms with van der Waals surface area (Å²) in [7, 11) is 0. The van der Waals surface area contributed by atoms with Crippen molar-refractivity contribution in [3.05, 3.63) is 0 Å². The second-order valence-electron chi connectivity index (χ2n) is 5.00. The van der Waals surface area contributed by atoms with Gasteiger partial charge in [-0.1, -0.05) is 5.92 Å². The zero-order chi connectivity index (χ0) is 12.1. The zero-order valence-corrected chi connectivity index (χ0v) is 10.3. The molecule has 2 aliphatic rings. The Balaban J connectivity index is 1.61. The van der Waals surface area contributed by atoms with Gasteiger partial charge in [-0.3, -0.25) is 9.69 Å². The first-order chi connectivity index (χ1) is 8.28. The van der Waals surface area contributed by atoms with E-state index in [-0.39, 0.29) is 5.91 Å². The van der Waals surface area contributed by atoms with Crippen LogP contribution in [-0.4, -0.2) is 61.5 Å². The summed E-state index contributed by atoms with van der Waals surface area (Å²) in [6.45, 7) is 6.26. The van der Waals surface area contributed by atoms with E-state index in [2.05, 4.69) is 21.0 Å². The van der Waals surface area contributed by atoms with E-state index in [0.717, 1.165) is 32.1 Å². The molecule has 0 aromatic heterocycles. The molecule has 94 valence electrons. The first kappa shape index (κ1) is 12.4. The summed E-state index contributed by atoms with van der Waals surface area (Å²) in [4.78, 5) is 16.2. The molecule has 1 aliphatic carbocycles. The minimum atomic E-state index is 0.0404. The van der Waals surface area contributed by atoms with Crippen molar-refractivity contribution in [2.75, 3.05) is 45.8 Å². The third-order valence-electron chi connectivity index (χ3n) is 3.43. The van der Waals surface area contributed by atoms with Crippen LogP contribution in [-0.2, 0) is 4.79 Å². The van der Waals surface area contributed by atoms with E-state index in [1.807, 2.05) is 0 Å². The number of nitrogens with zero attached hydrogens (tertiary/aromatic N) is 2. The summed E-state index contributed by atoms with van der Waals surface area (Å²) < 4.78 is 0. The van der Waals surface area contributed by atoms with Crippen LogP contribution in [0.15, 0.2) is 0 Å². The standard InChI is InChI=1S/C13H21N3O/c1-2-5-14-13(17)11-16-8-6-15(7-9-16)10-12-3-4-12/h1,12H,3-11H2,(H,14,17). The average molecular weight is 235 g/mol. The van der Waals surface area contributed by atoms with Gasteiger partial charge in [-0.05, 0) is 18.8 Å². The Morgan fingerprint density at radius 3 is 2.47 bits per heavy atom. The molecule has 1 saturated carbocycles. The molecule has 1 aliphatic heterocycles. The Kier molecular flexibility index (Phi) is 4.41. The molecular weight excluding hydrogens is 214 g/mol. The second-order valence-corrected chi connectivity index (χ2v) is 5.00. The lowest BCUT2D eigenvalue weighted by Gasteiger charge is -2.34. The average Bonchev–Trinajstić information content (AvgIpc) is 3.13. The number of nitrogens with one attached hydrogen (secondary N) is 1. The van der Waals surface area contributed by atoms with E-state index < -0.39 is 0 Å². The predicted octanol–water partition coefficient (Wildman–Crippen LogP) is -0.237. The van der Waals surface area contributed by atoms with Crippen LogP contribution in [0.3, 0.4) is 0 Å². The minimum absolute atomic E-state index is 0.0404. The van der Waals surface area contributed by atoms with Crippen LogP contribution in [0, 0.1) is 18.3 Å². The van der Waals surface area contributed by atoms with Gasteiger partial charge in [-0.25, -0.2) is 0 Å². The van der Waals surface area contributed by atoms with E-state index >= 15 is 0 Å². The zero-order valence-electron chi connectivity index (χ0n) is 10.3. The second kappa shape index (κ2) is 6.04.